The summed E-state index contributed by atoms with van der Waals surface area (Å²) in [4.78, 5) is 0.850. The maximum absolute atomic E-state index is 9.67. The minimum Gasteiger partial charge on any atom is -0.507 e. The van der Waals surface area contributed by atoms with Crippen LogP contribution in [0, 0.1) is 0 Å². The number of para-hydroxylation sites is 1. The fourth-order valence-electron chi connectivity index (χ4n) is 1.53. The Bertz CT molecular complexity index is 500. The molecule has 6 heteroatoms. The molecule has 0 radical (unpaired) electrons. The van der Waals surface area contributed by atoms with Crippen LogP contribution in [0.4, 0.5) is 0 Å². The van der Waals surface area contributed by atoms with E-state index in [1.807, 2.05) is 22.9 Å². The molecule has 0 atom stereocenters. The van der Waals surface area contributed by atoms with Gasteiger partial charge in [-0.05, 0) is 29.0 Å². The number of thioether (sulfide) groups is 1. The monoisotopic (exact) mass is 264 g/mol. The van der Waals surface area contributed by atoms with E-state index in [1.54, 1.807) is 6.07 Å². The first-order chi connectivity index (χ1) is 8.81. The van der Waals surface area contributed by atoms with Crippen LogP contribution in [0.25, 0.3) is 0 Å². The Hall–Kier alpha value is -1.56. The second-order valence-corrected chi connectivity index (χ2v) is 4.95. The van der Waals surface area contributed by atoms with E-state index in [9.17, 15) is 5.11 Å². The van der Waals surface area contributed by atoms with Crippen LogP contribution in [-0.4, -0.2) is 25.3 Å². The molecule has 0 aliphatic carbocycles. The zero-order chi connectivity index (χ0) is 12.8. The number of aryl methyl sites for hydroxylation is 1. The quantitative estimate of drug-likeness (QED) is 0.812. The molecule has 18 heavy (non-hydrogen) atoms. The second-order valence-electron chi connectivity index (χ2n) is 3.93. The van der Waals surface area contributed by atoms with Gasteiger partial charge in [0.25, 0.3) is 0 Å². The van der Waals surface area contributed by atoms with Crippen LogP contribution in [0.15, 0.2) is 29.2 Å². The van der Waals surface area contributed by atoms with Gasteiger partial charge < -0.3 is 5.11 Å². The van der Waals surface area contributed by atoms with E-state index in [4.69, 9.17) is 0 Å². The number of tetrazole rings is 1. The number of aromatic nitrogens is 4. The summed E-state index contributed by atoms with van der Waals surface area (Å²) in [7, 11) is 0. The van der Waals surface area contributed by atoms with Gasteiger partial charge in [-0.25, -0.2) is 4.68 Å². The highest BCUT2D eigenvalue weighted by Gasteiger charge is 2.07. The predicted octanol–water partition coefficient (Wildman–Crippen LogP) is 2.47. The van der Waals surface area contributed by atoms with Crippen molar-refractivity contribution >= 4 is 11.8 Å². The second kappa shape index (κ2) is 6.39. The van der Waals surface area contributed by atoms with E-state index >= 15 is 0 Å². The Morgan fingerprint density at radius 2 is 2.17 bits per heavy atom. The van der Waals surface area contributed by atoms with Gasteiger partial charge in [-0.1, -0.05) is 25.5 Å². The van der Waals surface area contributed by atoms with Crippen molar-refractivity contribution < 1.29 is 5.11 Å². The number of phenolic OH excluding ortho intramolecular Hbond substituents is 1. The number of phenols is 1. The van der Waals surface area contributed by atoms with E-state index in [1.165, 1.54) is 11.8 Å². The third-order valence-corrected chi connectivity index (χ3v) is 3.61. The van der Waals surface area contributed by atoms with E-state index in [0.29, 0.717) is 11.5 Å². The number of hydrogen-bond acceptors (Lipinski definition) is 5. The van der Waals surface area contributed by atoms with Crippen LogP contribution in [0.1, 0.15) is 25.6 Å². The van der Waals surface area contributed by atoms with Crippen LogP contribution in [0.2, 0.25) is 0 Å². The molecule has 1 heterocycles. The van der Waals surface area contributed by atoms with Crippen molar-refractivity contribution in [2.45, 2.75) is 37.0 Å². The maximum Gasteiger partial charge on any atom is 0.161 e. The molecular weight excluding hydrogens is 248 g/mol. The first-order valence-electron chi connectivity index (χ1n) is 5.97. The summed E-state index contributed by atoms with van der Waals surface area (Å²) in [5.74, 6) is 1.81. The molecule has 0 bridgehead atoms. The minimum absolute atomic E-state index is 0.301. The number of nitrogens with zero attached hydrogens (tertiary/aromatic N) is 4. The maximum atomic E-state index is 9.67. The Balaban J connectivity index is 1.98. The van der Waals surface area contributed by atoms with Gasteiger partial charge in [-0.15, -0.1) is 16.9 Å². The minimum atomic E-state index is 0.301. The van der Waals surface area contributed by atoms with Crippen molar-refractivity contribution in [3.05, 3.63) is 30.1 Å². The normalized spacial score (nSPS) is 10.7. The average molecular weight is 264 g/mol. The van der Waals surface area contributed by atoms with Gasteiger partial charge >= 0.3 is 0 Å². The smallest absolute Gasteiger partial charge is 0.161 e. The lowest BCUT2D eigenvalue weighted by Crippen LogP contribution is -2.04. The highest BCUT2D eigenvalue weighted by molar-refractivity contribution is 7.98. The first kappa shape index (κ1) is 12.9. The summed E-state index contributed by atoms with van der Waals surface area (Å²) in [6.45, 7) is 2.99. The van der Waals surface area contributed by atoms with Crippen LogP contribution in [-0.2, 0) is 12.3 Å². The van der Waals surface area contributed by atoms with Crippen LogP contribution in [0.5, 0.6) is 5.75 Å². The number of rotatable bonds is 6. The molecule has 0 saturated heterocycles. The SMILES string of the molecule is CCCCn1nnnc1CSc1ccccc1O. The highest BCUT2D eigenvalue weighted by Crippen LogP contribution is 2.29. The van der Waals surface area contributed by atoms with Crippen LogP contribution >= 0.6 is 11.8 Å². The third kappa shape index (κ3) is 3.22. The summed E-state index contributed by atoms with van der Waals surface area (Å²) < 4.78 is 1.83. The average Bonchev–Trinajstić information content (AvgIpc) is 2.83. The summed E-state index contributed by atoms with van der Waals surface area (Å²) in [6.07, 6.45) is 2.19. The first-order valence-corrected chi connectivity index (χ1v) is 6.95. The Kier molecular flexibility index (Phi) is 4.58. The Morgan fingerprint density at radius 1 is 1.33 bits per heavy atom. The standard InChI is InChI=1S/C12H16N4OS/c1-2-3-8-16-12(13-14-15-16)9-18-11-7-5-4-6-10(11)17/h4-7,17H,2-3,8-9H2,1H3. The summed E-state index contributed by atoms with van der Waals surface area (Å²) in [6, 6.07) is 7.29. The lowest BCUT2D eigenvalue weighted by molar-refractivity contribution is 0.462. The molecule has 0 amide bonds. The van der Waals surface area contributed by atoms with Crippen LogP contribution in [0.3, 0.4) is 0 Å². The number of hydrogen-bond donors (Lipinski definition) is 1. The van der Waals surface area contributed by atoms with Crippen molar-refractivity contribution in [2.24, 2.45) is 0 Å². The van der Waals surface area contributed by atoms with Gasteiger partial charge in [0, 0.05) is 11.4 Å². The molecule has 96 valence electrons. The summed E-state index contributed by atoms with van der Waals surface area (Å²) in [5.41, 5.74) is 0. The van der Waals surface area contributed by atoms with Crippen molar-refractivity contribution in [1.82, 2.24) is 20.2 Å². The lowest BCUT2D eigenvalue weighted by atomic mass is 10.3. The molecule has 5 nitrogen and oxygen atoms in total. The van der Waals surface area contributed by atoms with Gasteiger partial charge in [0.2, 0.25) is 0 Å². The van der Waals surface area contributed by atoms with Gasteiger partial charge in [0.1, 0.15) is 5.75 Å². The molecule has 1 N–H and O–H groups in total. The molecule has 0 aliphatic rings. The van der Waals surface area contributed by atoms with Crippen LogP contribution < -0.4 is 0 Å². The fourth-order valence-corrected chi connectivity index (χ4v) is 2.41. The van der Waals surface area contributed by atoms with Gasteiger partial charge in [0.05, 0.1) is 5.75 Å². The van der Waals surface area contributed by atoms with E-state index in [0.717, 1.165) is 30.1 Å². The fraction of sp³-hybridized carbons (Fsp3) is 0.417. The number of unbranched alkanes of at least 4 members (excludes halogenated alkanes) is 1. The molecule has 0 spiro atoms. The molecule has 0 fully saturated rings. The Morgan fingerprint density at radius 3 is 2.94 bits per heavy atom. The van der Waals surface area contributed by atoms with Crippen molar-refractivity contribution in [3.63, 3.8) is 0 Å². The zero-order valence-electron chi connectivity index (χ0n) is 10.3. The van der Waals surface area contributed by atoms with Crippen molar-refractivity contribution in [2.75, 3.05) is 0 Å². The third-order valence-electron chi connectivity index (χ3n) is 2.55. The molecule has 1 aromatic carbocycles. The van der Waals surface area contributed by atoms with Gasteiger partial charge in [-0.2, -0.15) is 0 Å². The molecule has 2 rings (SSSR count). The highest BCUT2D eigenvalue weighted by atomic mass is 32.2. The molecular formula is C12H16N4OS. The zero-order valence-corrected chi connectivity index (χ0v) is 11.1. The molecule has 1 aromatic heterocycles. The van der Waals surface area contributed by atoms with E-state index in [2.05, 4.69) is 22.4 Å². The summed E-state index contributed by atoms with van der Waals surface area (Å²) >= 11 is 1.54. The number of aromatic hydroxyl groups is 1. The number of benzene rings is 1. The molecule has 2 aromatic rings. The van der Waals surface area contributed by atoms with Gasteiger partial charge in [-0.3, -0.25) is 0 Å². The molecule has 0 saturated carbocycles. The van der Waals surface area contributed by atoms with Crippen molar-refractivity contribution in [1.29, 1.82) is 0 Å². The van der Waals surface area contributed by atoms with Crippen molar-refractivity contribution in [3.8, 4) is 5.75 Å². The van der Waals surface area contributed by atoms with Gasteiger partial charge in [0.15, 0.2) is 5.82 Å². The molecule has 0 aliphatic heterocycles. The van der Waals surface area contributed by atoms with E-state index in [-0.39, 0.29) is 0 Å². The lowest BCUT2D eigenvalue weighted by Gasteiger charge is -2.04. The topological polar surface area (TPSA) is 63.8 Å². The van der Waals surface area contributed by atoms with E-state index < -0.39 is 0 Å². The summed E-state index contributed by atoms with van der Waals surface area (Å²) in [5, 5.41) is 21.3. The Labute approximate surface area is 110 Å². The largest absolute Gasteiger partial charge is 0.507 e. The molecule has 0 unspecified atom stereocenters. The predicted molar refractivity (Wildman–Crippen MR) is 70.4 cm³/mol.